The number of nitrogens with zero attached hydrogens (tertiary/aromatic N) is 1. The van der Waals surface area contributed by atoms with Crippen LogP contribution in [0, 0.1) is 11.8 Å². The van der Waals surface area contributed by atoms with Crippen molar-refractivity contribution in [3.63, 3.8) is 0 Å². The molecule has 4 rings (SSSR count). The lowest BCUT2D eigenvalue weighted by Crippen LogP contribution is -2.40. The second kappa shape index (κ2) is 8.93. The highest BCUT2D eigenvalue weighted by atomic mass is 35.5. The van der Waals surface area contributed by atoms with Crippen LogP contribution in [0.5, 0.6) is 0 Å². The van der Waals surface area contributed by atoms with E-state index in [-0.39, 0.29) is 0 Å². The van der Waals surface area contributed by atoms with Crippen LogP contribution in [0.3, 0.4) is 0 Å². The van der Waals surface area contributed by atoms with Crippen LogP contribution in [-0.4, -0.2) is 34.6 Å². The number of rotatable bonds is 9. The maximum absolute atomic E-state index is 10.6. The van der Waals surface area contributed by atoms with Gasteiger partial charge in [-0.05, 0) is 67.6 Å². The van der Waals surface area contributed by atoms with Gasteiger partial charge in [-0.15, -0.1) is 0 Å². The molecule has 3 saturated heterocycles. The van der Waals surface area contributed by atoms with Crippen LogP contribution in [-0.2, 0) is 4.79 Å². The Labute approximate surface area is 178 Å². The van der Waals surface area contributed by atoms with Crippen molar-refractivity contribution in [3.8, 4) is 0 Å². The van der Waals surface area contributed by atoms with E-state index in [1.54, 1.807) is 0 Å². The number of hydrogen-bond donors (Lipinski definition) is 1. The van der Waals surface area contributed by atoms with Gasteiger partial charge in [0.25, 0.3) is 0 Å². The summed E-state index contributed by atoms with van der Waals surface area (Å²) in [6, 6.07) is 7.79. The van der Waals surface area contributed by atoms with Gasteiger partial charge in [0.2, 0.25) is 0 Å². The molecule has 3 aliphatic rings. The standard InChI is InChI=1S/C23H31Cl2NO2/c24-19-10-8-15(12-20(19)25)18-13-17-9-11-21-23(18)16(14-26(17)21)6-4-2-1-3-5-7-22(27)28/h8,10,12,16-18,21,23H,1-7,9,11,13-14H2,(H,27,28)/t16-,17+,18-,21-,23-/m1/s1. The van der Waals surface area contributed by atoms with Crippen LogP contribution in [0.1, 0.15) is 75.7 Å². The topological polar surface area (TPSA) is 40.5 Å². The minimum atomic E-state index is -0.671. The van der Waals surface area contributed by atoms with Gasteiger partial charge >= 0.3 is 5.97 Å². The third-order valence-electron chi connectivity index (χ3n) is 7.45. The number of carboxylic acid groups (broad SMARTS) is 1. The van der Waals surface area contributed by atoms with Crippen molar-refractivity contribution in [1.82, 2.24) is 4.90 Å². The Balaban J connectivity index is 1.35. The van der Waals surface area contributed by atoms with Gasteiger partial charge in [0.05, 0.1) is 10.0 Å². The number of benzene rings is 1. The van der Waals surface area contributed by atoms with Gasteiger partial charge in [0, 0.05) is 25.0 Å². The third kappa shape index (κ3) is 4.22. The molecular weight excluding hydrogens is 393 g/mol. The van der Waals surface area contributed by atoms with E-state index in [9.17, 15) is 4.79 Å². The Morgan fingerprint density at radius 1 is 1.07 bits per heavy atom. The van der Waals surface area contributed by atoms with Crippen molar-refractivity contribution in [1.29, 1.82) is 0 Å². The van der Waals surface area contributed by atoms with Crippen molar-refractivity contribution < 1.29 is 9.90 Å². The van der Waals surface area contributed by atoms with Crippen molar-refractivity contribution in [2.24, 2.45) is 11.8 Å². The summed E-state index contributed by atoms with van der Waals surface area (Å²) in [5.41, 5.74) is 1.39. The molecule has 3 nitrogen and oxygen atoms in total. The van der Waals surface area contributed by atoms with E-state index in [1.807, 2.05) is 6.07 Å². The first-order valence-electron chi connectivity index (χ1n) is 11.0. The van der Waals surface area contributed by atoms with E-state index in [0.717, 1.165) is 43.2 Å². The fourth-order valence-electron chi connectivity index (χ4n) is 6.27. The maximum Gasteiger partial charge on any atom is 0.303 e. The van der Waals surface area contributed by atoms with Crippen molar-refractivity contribution >= 4 is 29.2 Å². The molecule has 6 atom stereocenters. The lowest BCUT2D eigenvalue weighted by atomic mass is 9.72. The summed E-state index contributed by atoms with van der Waals surface area (Å²) in [6.45, 7) is 1.27. The summed E-state index contributed by atoms with van der Waals surface area (Å²) in [7, 11) is 0. The molecule has 3 aliphatic heterocycles. The van der Waals surface area contributed by atoms with Gasteiger partial charge in [-0.25, -0.2) is 0 Å². The molecule has 1 aromatic rings. The Kier molecular flexibility index (Phi) is 6.54. The first kappa shape index (κ1) is 20.5. The number of carboxylic acids is 1. The number of aliphatic carboxylic acids is 1. The third-order valence-corrected chi connectivity index (χ3v) is 8.19. The summed E-state index contributed by atoms with van der Waals surface area (Å²) in [6.07, 6.45) is 11.1. The fourth-order valence-corrected chi connectivity index (χ4v) is 6.58. The fraction of sp³-hybridized carbons (Fsp3) is 0.696. The average Bonchev–Trinajstić information content (AvgIpc) is 3.08. The van der Waals surface area contributed by atoms with Crippen LogP contribution >= 0.6 is 23.2 Å². The van der Waals surface area contributed by atoms with Crippen molar-refractivity contribution in [3.05, 3.63) is 33.8 Å². The minimum absolute atomic E-state index is 0.314. The van der Waals surface area contributed by atoms with E-state index < -0.39 is 5.97 Å². The molecule has 1 N–H and O–H groups in total. The second-order valence-electron chi connectivity index (χ2n) is 9.05. The highest BCUT2D eigenvalue weighted by molar-refractivity contribution is 6.42. The Morgan fingerprint density at radius 3 is 2.64 bits per heavy atom. The highest BCUT2D eigenvalue weighted by Crippen LogP contribution is 2.55. The van der Waals surface area contributed by atoms with Crippen LogP contribution in [0.2, 0.25) is 10.0 Å². The van der Waals surface area contributed by atoms with Gasteiger partial charge in [-0.2, -0.15) is 0 Å². The van der Waals surface area contributed by atoms with Gasteiger partial charge in [-0.3, -0.25) is 9.69 Å². The molecule has 0 aliphatic carbocycles. The van der Waals surface area contributed by atoms with Gasteiger partial charge in [-0.1, -0.05) is 55.0 Å². The zero-order chi connectivity index (χ0) is 19.7. The molecular formula is C23H31Cl2NO2. The molecule has 0 spiro atoms. The lowest BCUT2D eigenvalue weighted by Gasteiger charge is -2.38. The average molecular weight is 424 g/mol. The van der Waals surface area contributed by atoms with Crippen molar-refractivity contribution in [2.45, 2.75) is 82.2 Å². The van der Waals surface area contributed by atoms with Crippen LogP contribution in [0.15, 0.2) is 18.2 Å². The zero-order valence-electron chi connectivity index (χ0n) is 16.5. The molecule has 0 radical (unpaired) electrons. The summed E-state index contributed by atoms with van der Waals surface area (Å²) >= 11 is 12.5. The van der Waals surface area contributed by atoms with Crippen LogP contribution in [0.4, 0.5) is 0 Å². The van der Waals surface area contributed by atoms with Crippen LogP contribution in [0.25, 0.3) is 0 Å². The number of halogens is 2. The molecule has 0 saturated carbocycles. The van der Waals surface area contributed by atoms with Crippen LogP contribution < -0.4 is 0 Å². The first-order valence-corrected chi connectivity index (χ1v) is 11.7. The molecule has 154 valence electrons. The lowest BCUT2D eigenvalue weighted by molar-refractivity contribution is -0.137. The number of hydrogen-bond acceptors (Lipinski definition) is 2. The monoisotopic (exact) mass is 423 g/mol. The number of carbonyl (C=O) groups is 1. The van der Waals surface area contributed by atoms with E-state index in [2.05, 4.69) is 17.0 Å². The molecule has 1 unspecified atom stereocenters. The predicted octanol–water partition coefficient (Wildman–Crippen LogP) is 6.38. The number of unbranched alkanes of at least 4 members (excludes halogenated alkanes) is 4. The smallest absolute Gasteiger partial charge is 0.303 e. The summed E-state index contributed by atoms with van der Waals surface area (Å²) in [5.74, 6) is 1.49. The van der Waals surface area contributed by atoms with Gasteiger partial charge in [0.1, 0.15) is 0 Å². The molecule has 0 amide bonds. The molecule has 28 heavy (non-hydrogen) atoms. The molecule has 3 heterocycles. The molecule has 3 fully saturated rings. The van der Waals surface area contributed by atoms with Gasteiger partial charge in [0.15, 0.2) is 0 Å². The summed E-state index contributed by atoms with van der Waals surface area (Å²) in [4.78, 5) is 13.4. The predicted molar refractivity (Wildman–Crippen MR) is 114 cm³/mol. The van der Waals surface area contributed by atoms with E-state index >= 15 is 0 Å². The molecule has 4 bridgehead atoms. The summed E-state index contributed by atoms with van der Waals surface area (Å²) < 4.78 is 0. The SMILES string of the molecule is O=C(O)CCCCCCC[C@@H]1CN2[C@H]3CC[C@@H]2[C@H]1[C@@H](c1ccc(Cl)c(Cl)c1)C3. The Hall–Kier alpha value is -0.770. The second-order valence-corrected chi connectivity index (χ2v) is 9.86. The summed E-state index contributed by atoms with van der Waals surface area (Å²) in [5, 5.41) is 10.1. The van der Waals surface area contributed by atoms with E-state index in [4.69, 9.17) is 28.3 Å². The zero-order valence-corrected chi connectivity index (χ0v) is 18.0. The van der Waals surface area contributed by atoms with Crippen molar-refractivity contribution in [2.75, 3.05) is 6.54 Å². The quantitative estimate of drug-likeness (QED) is 0.468. The molecule has 0 aromatic heterocycles. The Morgan fingerprint density at radius 2 is 1.86 bits per heavy atom. The number of piperidine rings is 1. The van der Waals surface area contributed by atoms with Gasteiger partial charge < -0.3 is 5.11 Å². The minimum Gasteiger partial charge on any atom is -0.481 e. The largest absolute Gasteiger partial charge is 0.481 e. The highest BCUT2D eigenvalue weighted by Gasteiger charge is 2.55. The maximum atomic E-state index is 10.6. The van der Waals surface area contributed by atoms with E-state index in [1.165, 1.54) is 50.6 Å². The first-order chi connectivity index (χ1) is 13.5. The van der Waals surface area contributed by atoms with E-state index in [0.29, 0.717) is 22.4 Å². The Bertz CT molecular complexity index is 710. The molecule has 1 aromatic carbocycles. The normalized spacial score (nSPS) is 33.4. The molecule has 5 heteroatoms.